The summed E-state index contributed by atoms with van der Waals surface area (Å²) in [5.41, 5.74) is 1.15. The number of likely N-dealkylation sites (N-methyl/N-ethyl adjacent to an activating group) is 1. The number of methoxy groups -OCH3 is 1. The Morgan fingerprint density at radius 3 is 2.55 bits per heavy atom. The molecule has 0 bridgehead atoms. The third kappa shape index (κ3) is 2.91. The molecule has 0 aromatic heterocycles. The van der Waals surface area contributed by atoms with E-state index in [4.69, 9.17) is 4.74 Å². The number of nitrogens with one attached hydrogen (secondary N) is 2. The summed E-state index contributed by atoms with van der Waals surface area (Å²) < 4.78 is 5.38. The highest BCUT2D eigenvalue weighted by molar-refractivity contribution is 5.91. The van der Waals surface area contributed by atoms with Crippen LogP contribution in [0.4, 0.5) is 0 Å². The lowest BCUT2D eigenvalue weighted by molar-refractivity contribution is -0.122. The Hall–Kier alpha value is -2.07. The SMILES string of the molecule is CNC(=O)C(C)NCc1ccc(OC)c2ccccc12. The third-order valence-electron chi connectivity index (χ3n) is 3.43. The Morgan fingerprint density at radius 1 is 1.20 bits per heavy atom. The number of benzene rings is 2. The Bertz CT molecular complexity index is 610. The van der Waals surface area contributed by atoms with Crippen molar-refractivity contribution in [3.8, 4) is 5.75 Å². The van der Waals surface area contributed by atoms with E-state index in [2.05, 4.69) is 16.7 Å². The van der Waals surface area contributed by atoms with Crippen LogP contribution in [0.25, 0.3) is 10.8 Å². The molecule has 1 unspecified atom stereocenters. The first-order chi connectivity index (χ1) is 9.67. The van der Waals surface area contributed by atoms with Crippen LogP contribution < -0.4 is 15.4 Å². The second-order valence-electron chi connectivity index (χ2n) is 4.69. The summed E-state index contributed by atoms with van der Waals surface area (Å²) in [4.78, 5) is 11.5. The van der Waals surface area contributed by atoms with Crippen molar-refractivity contribution in [1.29, 1.82) is 0 Å². The molecule has 0 saturated carbocycles. The molecule has 2 rings (SSSR count). The van der Waals surface area contributed by atoms with Crippen molar-refractivity contribution in [3.63, 3.8) is 0 Å². The maximum absolute atomic E-state index is 11.5. The van der Waals surface area contributed by atoms with Crippen molar-refractivity contribution in [2.24, 2.45) is 0 Å². The molecule has 106 valence electrons. The second-order valence-corrected chi connectivity index (χ2v) is 4.69. The molecule has 0 aliphatic carbocycles. The summed E-state index contributed by atoms with van der Waals surface area (Å²) >= 11 is 0. The quantitative estimate of drug-likeness (QED) is 0.876. The fourth-order valence-electron chi connectivity index (χ4n) is 2.24. The van der Waals surface area contributed by atoms with Crippen LogP contribution in [0, 0.1) is 0 Å². The van der Waals surface area contributed by atoms with Crippen molar-refractivity contribution in [2.75, 3.05) is 14.2 Å². The lowest BCUT2D eigenvalue weighted by Crippen LogP contribution is -2.40. The van der Waals surface area contributed by atoms with Crippen molar-refractivity contribution in [1.82, 2.24) is 10.6 Å². The highest BCUT2D eigenvalue weighted by Crippen LogP contribution is 2.28. The van der Waals surface area contributed by atoms with E-state index >= 15 is 0 Å². The van der Waals surface area contributed by atoms with Gasteiger partial charge < -0.3 is 15.4 Å². The predicted molar refractivity (Wildman–Crippen MR) is 80.9 cm³/mol. The van der Waals surface area contributed by atoms with Crippen LogP contribution in [-0.2, 0) is 11.3 Å². The van der Waals surface area contributed by atoms with Gasteiger partial charge >= 0.3 is 0 Å². The molecule has 2 N–H and O–H groups in total. The zero-order chi connectivity index (χ0) is 14.5. The average Bonchev–Trinajstić information content (AvgIpc) is 2.51. The first-order valence-corrected chi connectivity index (χ1v) is 6.67. The van der Waals surface area contributed by atoms with Gasteiger partial charge in [0.25, 0.3) is 0 Å². The number of carbonyl (C=O) groups is 1. The number of amides is 1. The summed E-state index contributed by atoms with van der Waals surface area (Å²) in [6.07, 6.45) is 0. The number of rotatable bonds is 5. The number of fused-ring (bicyclic) bond motifs is 1. The lowest BCUT2D eigenvalue weighted by Gasteiger charge is -2.14. The molecule has 2 aromatic rings. The molecule has 0 aliphatic rings. The van der Waals surface area contributed by atoms with Gasteiger partial charge in [-0.3, -0.25) is 4.79 Å². The molecule has 20 heavy (non-hydrogen) atoms. The molecule has 0 radical (unpaired) electrons. The van der Waals surface area contributed by atoms with Gasteiger partial charge in [0, 0.05) is 19.0 Å². The summed E-state index contributed by atoms with van der Waals surface area (Å²) in [6.45, 7) is 2.49. The van der Waals surface area contributed by atoms with E-state index in [1.54, 1.807) is 14.2 Å². The van der Waals surface area contributed by atoms with E-state index in [1.165, 1.54) is 0 Å². The zero-order valence-corrected chi connectivity index (χ0v) is 12.1. The van der Waals surface area contributed by atoms with E-state index in [0.717, 1.165) is 22.1 Å². The van der Waals surface area contributed by atoms with Gasteiger partial charge in [-0.2, -0.15) is 0 Å². The van der Waals surface area contributed by atoms with Gasteiger partial charge in [-0.1, -0.05) is 30.3 Å². The molecule has 4 heteroatoms. The molecular formula is C16H20N2O2. The topological polar surface area (TPSA) is 50.4 Å². The van der Waals surface area contributed by atoms with Crippen LogP contribution in [0.1, 0.15) is 12.5 Å². The fourth-order valence-corrected chi connectivity index (χ4v) is 2.24. The molecule has 2 aromatic carbocycles. The van der Waals surface area contributed by atoms with Gasteiger partial charge in [-0.05, 0) is 23.9 Å². The second kappa shape index (κ2) is 6.39. The lowest BCUT2D eigenvalue weighted by atomic mass is 10.0. The van der Waals surface area contributed by atoms with E-state index in [9.17, 15) is 4.79 Å². The summed E-state index contributed by atoms with van der Waals surface area (Å²) in [7, 11) is 3.32. The minimum atomic E-state index is -0.221. The van der Waals surface area contributed by atoms with Crippen LogP contribution in [0.3, 0.4) is 0 Å². The maximum Gasteiger partial charge on any atom is 0.236 e. The van der Waals surface area contributed by atoms with Crippen LogP contribution in [0.5, 0.6) is 5.75 Å². The number of ether oxygens (including phenoxy) is 1. The van der Waals surface area contributed by atoms with Gasteiger partial charge in [-0.25, -0.2) is 0 Å². The minimum Gasteiger partial charge on any atom is -0.496 e. The average molecular weight is 272 g/mol. The van der Waals surface area contributed by atoms with E-state index in [-0.39, 0.29) is 11.9 Å². The molecule has 0 saturated heterocycles. The summed E-state index contributed by atoms with van der Waals surface area (Å²) in [6, 6.07) is 11.9. The smallest absolute Gasteiger partial charge is 0.236 e. The van der Waals surface area contributed by atoms with Crippen molar-refractivity contribution in [3.05, 3.63) is 42.0 Å². The highest BCUT2D eigenvalue weighted by atomic mass is 16.5. The van der Waals surface area contributed by atoms with Gasteiger partial charge in [0.1, 0.15) is 5.75 Å². The van der Waals surface area contributed by atoms with E-state index in [1.807, 2.05) is 37.3 Å². The van der Waals surface area contributed by atoms with Crippen LogP contribution >= 0.6 is 0 Å². The van der Waals surface area contributed by atoms with Crippen molar-refractivity contribution in [2.45, 2.75) is 19.5 Å². The van der Waals surface area contributed by atoms with Gasteiger partial charge in [0.05, 0.1) is 13.2 Å². The van der Waals surface area contributed by atoms with Crippen molar-refractivity contribution >= 4 is 16.7 Å². The predicted octanol–water partition coefficient (Wildman–Crippen LogP) is 2.07. The first-order valence-electron chi connectivity index (χ1n) is 6.67. The molecule has 1 atom stereocenters. The number of hydrogen-bond donors (Lipinski definition) is 2. The number of hydrogen-bond acceptors (Lipinski definition) is 3. The molecule has 1 amide bonds. The third-order valence-corrected chi connectivity index (χ3v) is 3.43. The normalized spacial score (nSPS) is 12.2. The molecular weight excluding hydrogens is 252 g/mol. The summed E-state index contributed by atoms with van der Waals surface area (Å²) in [5.74, 6) is 0.853. The Morgan fingerprint density at radius 2 is 1.90 bits per heavy atom. The fraction of sp³-hybridized carbons (Fsp3) is 0.312. The first kappa shape index (κ1) is 14.3. The molecule has 0 fully saturated rings. The maximum atomic E-state index is 11.5. The van der Waals surface area contributed by atoms with E-state index < -0.39 is 0 Å². The monoisotopic (exact) mass is 272 g/mol. The Labute approximate surface area is 119 Å². The van der Waals surface area contributed by atoms with Crippen LogP contribution in [0.15, 0.2) is 36.4 Å². The van der Waals surface area contributed by atoms with Crippen LogP contribution in [0.2, 0.25) is 0 Å². The molecule has 4 nitrogen and oxygen atoms in total. The van der Waals surface area contributed by atoms with E-state index in [0.29, 0.717) is 6.54 Å². The molecule has 0 spiro atoms. The van der Waals surface area contributed by atoms with Crippen LogP contribution in [-0.4, -0.2) is 26.1 Å². The van der Waals surface area contributed by atoms with Gasteiger partial charge in [0.2, 0.25) is 5.91 Å². The number of carbonyl (C=O) groups excluding carboxylic acids is 1. The van der Waals surface area contributed by atoms with Gasteiger partial charge in [0.15, 0.2) is 0 Å². The Kier molecular flexibility index (Phi) is 4.58. The zero-order valence-electron chi connectivity index (χ0n) is 12.1. The van der Waals surface area contributed by atoms with Gasteiger partial charge in [-0.15, -0.1) is 0 Å². The minimum absolute atomic E-state index is 0.0113. The highest BCUT2D eigenvalue weighted by Gasteiger charge is 2.11. The largest absolute Gasteiger partial charge is 0.496 e. The molecule has 0 heterocycles. The summed E-state index contributed by atoms with van der Waals surface area (Å²) in [5, 5.41) is 8.09. The van der Waals surface area contributed by atoms with Crippen molar-refractivity contribution < 1.29 is 9.53 Å². The Balaban J connectivity index is 2.25. The standard InChI is InChI=1S/C16H20N2O2/c1-11(16(19)17-2)18-10-12-8-9-15(20-3)14-7-5-4-6-13(12)14/h4-9,11,18H,10H2,1-3H3,(H,17,19). The molecule has 0 aliphatic heterocycles.